The zero-order valence-electron chi connectivity index (χ0n) is 12.0. The van der Waals surface area contributed by atoms with Crippen molar-refractivity contribution in [1.29, 1.82) is 0 Å². The third-order valence-corrected chi connectivity index (χ3v) is 4.90. The number of benzene rings is 1. The fraction of sp³-hybridized carbons (Fsp3) is 0.647. The van der Waals surface area contributed by atoms with Crippen molar-refractivity contribution in [2.24, 2.45) is 5.41 Å². The fourth-order valence-corrected chi connectivity index (χ4v) is 3.70. The minimum atomic E-state index is -0.105. The van der Waals surface area contributed by atoms with Crippen molar-refractivity contribution in [3.8, 4) is 0 Å². The van der Waals surface area contributed by atoms with Crippen LogP contribution in [0.4, 0.5) is 4.39 Å². The number of hydrogen-bond acceptors (Lipinski definition) is 1. The molecule has 0 aromatic heterocycles. The summed E-state index contributed by atoms with van der Waals surface area (Å²) in [5, 5.41) is 3.79. The molecule has 3 rings (SSSR count). The maximum atomic E-state index is 13.2. The molecule has 1 aromatic rings. The Balaban J connectivity index is 1.48. The van der Waals surface area contributed by atoms with Gasteiger partial charge in [-0.05, 0) is 61.1 Å². The number of rotatable bonds is 3. The van der Waals surface area contributed by atoms with Gasteiger partial charge in [-0.3, -0.25) is 0 Å². The van der Waals surface area contributed by atoms with Crippen LogP contribution in [0, 0.1) is 11.2 Å². The monoisotopic (exact) mass is 261 g/mol. The standard InChI is InChI=1S/C17H24FN/c1-17(2)7-6-15(11-17)19-16-9-13(10-16)12-4-3-5-14(18)8-12/h3-5,8,13,15-16,19H,6-7,9-11H2,1-2H3. The topological polar surface area (TPSA) is 12.0 Å². The molecule has 1 atom stereocenters. The first-order chi connectivity index (χ1) is 9.02. The maximum Gasteiger partial charge on any atom is 0.123 e. The predicted molar refractivity (Wildman–Crippen MR) is 76.7 cm³/mol. The molecule has 0 aliphatic heterocycles. The van der Waals surface area contributed by atoms with Gasteiger partial charge in [0.15, 0.2) is 0 Å². The van der Waals surface area contributed by atoms with Gasteiger partial charge in [-0.2, -0.15) is 0 Å². The van der Waals surface area contributed by atoms with Gasteiger partial charge in [-0.25, -0.2) is 4.39 Å². The van der Waals surface area contributed by atoms with E-state index >= 15 is 0 Å². The number of hydrogen-bond donors (Lipinski definition) is 1. The lowest BCUT2D eigenvalue weighted by molar-refractivity contribution is 0.256. The fourth-order valence-electron chi connectivity index (χ4n) is 3.70. The van der Waals surface area contributed by atoms with Gasteiger partial charge in [0.1, 0.15) is 5.82 Å². The molecule has 2 heteroatoms. The summed E-state index contributed by atoms with van der Waals surface area (Å²) in [5.74, 6) is 0.453. The summed E-state index contributed by atoms with van der Waals surface area (Å²) < 4.78 is 13.2. The zero-order chi connectivity index (χ0) is 13.5. The van der Waals surface area contributed by atoms with Gasteiger partial charge in [-0.15, -0.1) is 0 Å². The average molecular weight is 261 g/mol. The molecule has 1 aromatic carbocycles. The summed E-state index contributed by atoms with van der Waals surface area (Å²) in [4.78, 5) is 0. The molecule has 0 amide bonds. The van der Waals surface area contributed by atoms with Crippen molar-refractivity contribution in [2.45, 2.75) is 64.0 Å². The van der Waals surface area contributed by atoms with Gasteiger partial charge in [-0.1, -0.05) is 26.0 Å². The molecule has 1 unspecified atom stereocenters. The lowest BCUT2D eigenvalue weighted by Crippen LogP contribution is -2.44. The SMILES string of the molecule is CC1(C)CCC(NC2CC(c3cccc(F)c3)C2)C1. The molecule has 2 aliphatic rings. The molecule has 2 saturated carbocycles. The third kappa shape index (κ3) is 3.00. The maximum absolute atomic E-state index is 13.2. The minimum absolute atomic E-state index is 0.105. The van der Waals surface area contributed by atoms with E-state index in [1.807, 2.05) is 6.07 Å². The van der Waals surface area contributed by atoms with Crippen LogP contribution in [0.2, 0.25) is 0 Å². The largest absolute Gasteiger partial charge is 0.311 e. The summed E-state index contributed by atoms with van der Waals surface area (Å²) in [6.07, 6.45) is 6.29. The van der Waals surface area contributed by atoms with Gasteiger partial charge < -0.3 is 5.32 Å². The van der Waals surface area contributed by atoms with Crippen LogP contribution in [0.15, 0.2) is 24.3 Å². The van der Waals surface area contributed by atoms with Gasteiger partial charge in [0.05, 0.1) is 0 Å². The van der Waals surface area contributed by atoms with Crippen LogP contribution in [-0.4, -0.2) is 12.1 Å². The highest BCUT2D eigenvalue weighted by Gasteiger charge is 2.36. The summed E-state index contributed by atoms with van der Waals surface area (Å²) in [6, 6.07) is 8.45. The first-order valence-corrected chi connectivity index (χ1v) is 7.53. The van der Waals surface area contributed by atoms with Crippen LogP contribution in [-0.2, 0) is 0 Å². The van der Waals surface area contributed by atoms with Crippen LogP contribution < -0.4 is 5.32 Å². The highest BCUT2D eigenvalue weighted by molar-refractivity contribution is 5.23. The number of nitrogens with one attached hydrogen (secondary N) is 1. The minimum Gasteiger partial charge on any atom is -0.311 e. The van der Waals surface area contributed by atoms with Crippen LogP contribution in [0.1, 0.15) is 57.4 Å². The second kappa shape index (κ2) is 4.90. The predicted octanol–water partition coefficient (Wildman–Crippen LogP) is 4.24. The van der Waals surface area contributed by atoms with Crippen molar-refractivity contribution < 1.29 is 4.39 Å². The van der Waals surface area contributed by atoms with E-state index in [0.29, 0.717) is 23.4 Å². The zero-order valence-corrected chi connectivity index (χ0v) is 12.0. The van der Waals surface area contributed by atoms with Gasteiger partial charge in [0, 0.05) is 12.1 Å². The molecule has 1 nitrogen and oxygen atoms in total. The van der Waals surface area contributed by atoms with E-state index in [9.17, 15) is 4.39 Å². The Morgan fingerprint density at radius 2 is 2.00 bits per heavy atom. The van der Waals surface area contributed by atoms with Crippen LogP contribution in [0.3, 0.4) is 0 Å². The summed E-state index contributed by atoms with van der Waals surface area (Å²) in [5.41, 5.74) is 1.69. The Labute approximate surface area is 115 Å². The van der Waals surface area contributed by atoms with Crippen molar-refractivity contribution in [3.63, 3.8) is 0 Å². The van der Waals surface area contributed by atoms with Crippen molar-refractivity contribution in [2.75, 3.05) is 0 Å². The Morgan fingerprint density at radius 3 is 2.63 bits per heavy atom. The lowest BCUT2D eigenvalue weighted by atomic mass is 9.75. The smallest absolute Gasteiger partial charge is 0.123 e. The molecule has 0 saturated heterocycles. The van der Waals surface area contributed by atoms with E-state index in [0.717, 1.165) is 0 Å². The van der Waals surface area contributed by atoms with E-state index in [4.69, 9.17) is 0 Å². The first-order valence-electron chi connectivity index (χ1n) is 7.53. The molecular formula is C17H24FN. The molecule has 2 fully saturated rings. The molecule has 0 bridgehead atoms. The Bertz CT molecular complexity index is 448. The molecule has 0 radical (unpaired) electrons. The Kier molecular flexibility index (Phi) is 3.38. The van der Waals surface area contributed by atoms with E-state index in [1.165, 1.54) is 43.7 Å². The molecule has 2 aliphatic carbocycles. The second-order valence-electron chi connectivity index (χ2n) is 7.19. The van der Waals surface area contributed by atoms with Gasteiger partial charge >= 0.3 is 0 Å². The molecule has 19 heavy (non-hydrogen) atoms. The van der Waals surface area contributed by atoms with E-state index < -0.39 is 0 Å². The first kappa shape index (κ1) is 13.1. The molecule has 1 N–H and O–H groups in total. The summed E-state index contributed by atoms with van der Waals surface area (Å²) in [7, 11) is 0. The normalized spacial score (nSPS) is 33.1. The van der Waals surface area contributed by atoms with Gasteiger partial charge in [0.2, 0.25) is 0 Å². The van der Waals surface area contributed by atoms with E-state index in [2.05, 4.69) is 25.2 Å². The number of halogens is 1. The van der Waals surface area contributed by atoms with E-state index in [1.54, 1.807) is 6.07 Å². The van der Waals surface area contributed by atoms with Crippen LogP contribution in [0.5, 0.6) is 0 Å². The van der Waals surface area contributed by atoms with Crippen LogP contribution >= 0.6 is 0 Å². The molecule has 0 heterocycles. The van der Waals surface area contributed by atoms with Crippen molar-refractivity contribution in [3.05, 3.63) is 35.6 Å². The van der Waals surface area contributed by atoms with Crippen molar-refractivity contribution in [1.82, 2.24) is 5.32 Å². The van der Waals surface area contributed by atoms with Gasteiger partial charge in [0.25, 0.3) is 0 Å². The van der Waals surface area contributed by atoms with Crippen LogP contribution in [0.25, 0.3) is 0 Å². The average Bonchev–Trinajstić information content (AvgIpc) is 2.63. The van der Waals surface area contributed by atoms with Crippen molar-refractivity contribution >= 4 is 0 Å². The highest BCUT2D eigenvalue weighted by atomic mass is 19.1. The Morgan fingerprint density at radius 1 is 1.21 bits per heavy atom. The molecule has 104 valence electrons. The third-order valence-electron chi connectivity index (χ3n) is 4.90. The highest BCUT2D eigenvalue weighted by Crippen LogP contribution is 2.41. The Hall–Kier alpha value is -0.890. The molecular weight excluding hydrogens is 237 g/mol. The quantitative estimate of drug-likeness (QED) is 0.858. The lowest BCUT2D eigenvalue weighted by Gasteiger charge is -2.38. The summed E-state index contributed by atoms with van der Waals surface area (Å²) in [6.45, 7) is 4.73. The summed E-state index contributed by atoms with van der Waals surface area (Å²) >= 11 is 0. The van der Waals surface area contributed by atoms with E-state index in [-0.39, 0.29) is 5.82 Å². The second-order valence-corrected chi connectivity index (χ2v) is 7.19. The molecule has 0 spiro atoms.